The molecule has 0 aliphatic carbocycles. The molecule has 1 aromatic heterocycles. The summed E-state index contributed by atoms with van der Waals surface area (Å²) in [5.74, 6) is 1.54. The van der Waals surface area contributed by atoms with Crippen molar-refractivity contribution in [2.75, 3.05) is 13.1 Å². The van der Waals surface area contributed by atoms with Gasteiger partial charge in [0.1, 0.15) is 5.75 Å². The molecular formula is C23H26F2N4OS. The lowest BCUT2D eigenvalue weighted by Gasteiger charge is -2.31. The average molecular weight is 445 g/mol. The van der Waals surface area contributed by atoms with Gasteiger partial charge in [-0.05, 0) is 51.1 Å². The monoisotopic (exact) mass is 444 g/mol. The zero-order valence-electron chi connectivity index (χ0n) is 17.5. The summed E-state index contributed by atoms with van der Waals surface area (Å²) in [5, 5.41) is 9.76. The number of benzene rings is 2. The molecule has 3 aromatic rings. The molecule has 0 radical (unpaired) electrons. The van der Waals surface area contributed by atoms with E-state index in [2.05, 4.69) is 31.3 Å². The second kappa shape index (κ2) is 10.2. The van der Waals surface area contributed by atoms with Crippen molar-refractivity contribution in [3.8, 4) is 11.4 Å². The summed E-state index contributed by atoms with van der Waals surface area (Å²) in [6, 6.07) is 17.0. The van der Waals surface area contributed by atoms with Crippen molar-refractivity contribution in [1.82, 2.24) is 19.7 Å². The van der Waals surface area contributed by atoms with Gasteiger partial charge in [0.2, 0.25) is 0 Å². The summed E-state index contributed by atoms with van der Waals surface area (Å²) in [6.45, 7) is 1.44. The summed E-state index contributed by atoms with van der Waals surface area (Å²) < 4.78 is 32.3. The Kier molecular flexibility index (Phi) is 7.19. The highest BCUT2D eigenvalue weighted by atomic mass is 32.2. The first-order valence-corrected chi connectivity index (χ1v) is 11.5. The maximum Gasteiger partial charge on any atom is 0.387 e. The summed E-state index contributed by atoms with van der Waals surface area (Å²) >= 11 is 1.47. The molecule has 1 aliphatic heterocycles. The van der Waals surface area contributed by atoms with Crippen molar-refractivity contribution in [2.24, 2.45) is 0 Å². The molecule has 1 atom stereocenters. The number of rotatable bonds is 8. The number of piperidine rings is 1. The highest BCUT2D eigenvalue weighted by Gasteiger charge is 2.25. The van der Waals surface area contributed by atoms with Crippen LogP contribution in [0.15, 0.2) is 59.8 Å². The fourth-order valence-electron chi connectivity index (χ4n) is 3.91. The second-order valence-corrected chi connectivity index (χ2v) is 8.50. The highest BCUT2D eigenvalue weighted by molar-refractivity contribution is 7.98. The molecule has 8 heteroatoms. The van der Waals surface area contributed by atoms with E-state index < -0.39 is 6.61 Å². The number of likely N-dealkylation sites (tertiary alicyclic amines) is 1. The van der Waals surface area contributed by atoms with Crippen LogP contribution in [0.5, 0.6) is 5.75 Å². The van der Waals surface area contributed by atoms with Gasteiger partial charge in [-0.1, -0.05) is 54.6 Å². The van der Waals surface area contributed by atoms with Crippen LogP contribution in [-0.2, 0) is 5.75 Å². The number of para-hydroxylation sites is 2. The molecule has 4 rings (SSSR count). The number of hydrogen-bond donors (Lipinski definition) is 0. The van der Waals surface area contributed by atoms with Crippen LogP contribution in [0.2, 0.25) is 0 Å². The third-order valence-corrected chi connectivity index (χ3v) is 6.51. The third-order valence-electron chi connectivity index (χ3n) is 5.53. The van der Waals surface area contributed by atoms with E-state index in [9.17, 15) is 8.78 Å². The number of nitrogens with zero attached hydrogens (tertiary/aromatic N) is 4. The van der Waals surface area contributed by atoms with Crippen molar-refractivity contribution in [2.45, 2.75) is 49.7 Å². The van der Waals surface area contributed by atoms with E-state index in [1.807, 2.05) is 36.4 Å². The van der Waals surface area contributed by atoms with E-state index >= 15 is 0 Å². The second-order valence-electron chi connectivity index (χ2n) is 7.56. The first-order chi connectivity index (χ1) is 15.1. The van der Waals surface area contributed by atoms with E-state index in [4.69, 9.17) is 0 Å². The van der Waals surface area contributed by atoms with Gasteiger partial charge in [-0.25, -0.2) is 0 Å². The molecule has 0 amide bonds. The van der Waals surface area contributed by atoms with Gasteiger partial charge in [-0.3, -0.25) is 9.47 Å². The number of alkyl halides is 2. The minimum Gasteiger partial charge on any atom is -0.435 e. The minimum absolute atomic E-state index is 0.136. The number of hydrogen-bond acceptors (Lipinski definition) is 5. The number of ether oxygens (including phenoxy) is 1. The Morgan fingerprint density at radius 2 is 1.68 bits per heavy atom. The first-order valence-electron chi connectivity index (χ1n) is 10.5. The smallest absolute Gasteiger partial charge is 0.387 e. The van der Waals surface area contributed by atoms with Crippen LogP contribution in [-0.4, -0.2) is 39.4 Å². The minimum atomic E-state index is -2.85. The topological polar surface area (TPSA) is 43.2 Å². The number of thioether (sulfide) groups is 1. The molecule has 0 bridgehead atoms. The van der Waals surface area contributed by atoms with Crippen molar-refractivity contribution in [3.05, 3.63) is 66.0 Å². The van der Waals surface area contributed by atoms with Crippen LogP contribution >= 0.6 is 11.8 Å². The Morgan fingerprint density at radius 1 is 0.968 bits per heavy atom. The molecule has 1 aliphatic rings. The Labute approximate surface area is 185 Å². The van der Waals surface area contributed by atoms with Crippen LogP contribution in [0.1, 0.15) is 43.6 Å². The molecule has 31 heavy (non-hydrogen) atoms. The van der Waals surface area contributed by atoms with Gasteiger partial charge >= 0.3 is 6.61 Å². The summed E-state index contributed by atoms with van der Waals surface area (Å²) in [7, 11) is 0. The van der Waals surface area contributed by atoms with Crippen LogP contribution in [0.3, 0.4) is 0 Å². The van der Waals surface area contributed by atoms with Crippen molar-refractivity contribution in [1.29, 1.82) is 0 Å². The molecule has 1 fully saturated rings. The molecule has 0 spiro atoms. The van der Waals surface area contributed by atoms with Gasteiger partial charge in [0.15, 0.2) is 11.0 Å². The van der Waals surface area contributed by atoms with E-state index in [1.54, 1.807) is 18.2 Å². The first kappa shape index (κ1) is 21.8. The van der Waals surface area contributed by atoms with Crippen LogP contribution in [0.25, 0.3) is 5.69 Å². The fourth-order valence-corrected chi connectivity index (χ4v) is 4.86. The fraction of sp³-hybridized carbons (Fsp3) is 0.391. The maximum atomic E-state index is 12.8. The Morgan fingerprint density at radius 3 is 2.42 bits per heavy atom. The van der Waals surface area contributed by atoms with E-state index in [-0.39, 0.29) is 11.8 Å². The molecule has 2 heterocycles. The molecule has 1 unspecified atom stereocenters. The van der Waals surface area contributed by atoms with Crippen molar-refractivity contribution >= 4 is 11.8 Å². The van der Waals surface area contributed by atoms with Crippen LogP contribution in [0.4, 0.5) is 8.78 Å². The van der Waals surface area contributed by atoms with Gasteiger partial charge in [0.05, 0.1) is 6.04 Å². The molecule has 1 saturated heterocycles. The van der Waals surface area contributed by atoms with E-state index in [1.165, 1.54) is 31.0 Å². The lowest BCUT2D eigenvalue weighted by atomic mass is 10.1. The van der Waals surface area contributed by atoms with Gasteiger partial charge < -0.3 is 4.74 Å². The quantitative estimate of drug-likeness (QED) is 0.417. The third kappa shape index (κ3) is 5.25. The summed E-state index contributed by atoms with van der Waals surface area (Å²) in [5.41, 5.74) is 1.69. The SMILES string of the molecule is CC(c1nnc(SCc2ccccc2OC(F)F)n1-c1ccccc1)N1CCCCC1. The normalized spacial score (nSPS) is 15.9. The molecule has 2 aromatic carbocycles. The van der Waals surface area contributed by atoms with E-state index in [0.717, 1.165) is 29.8 Å². The van der Waals surface area contributed by atoms with Crippen molar-refractivity contribution in [3.63, 3.8) is 0 Å². The standard InChI is InChI=1S/C23H26F2N4OS/c1-17(28-14-8-3-9-15-28)21-26-27-23(29(21)19-11-4-2-5-12-19)31-16-18-10-6-7-13-20(18)30-22(24)25/h2,4-7,10-13,17,22H,3,8-9,14-16H2,1H3. The predicted octanol–water partition coefficient (Wildman–Crippen LogP) is 5.71. The average Bonchev–Trinajstić information content (AvgIpc) is 3.23. The molecule has 0 saturated carbocycles. The van der Waals surface area contributed by atoms with Gasteiger partial charge in [-0.15, -0.1) is 10.2 Å². The van der Waals surface area contributed by atoms with E-state index in [0.29, 0.717) is 11.3 Å². The van der Waals surface area contributed by atoms with Crippen molar-refractivity contribution < 1.29 is 13.5 Å². The lowest BCUT2D eigenvalue weighted by Crippen LogP contribution is -2.33. The largest absolute Gasteiger partial charge is 0.435 e. The van der Waals surface area contributed by atoms with Gasteiger partial charge in [0, 0.05) is 17.0 Å². The Hall–Kier alpha value is -2.45. The lowest BCUT2D eigenvalue weighted by molar-refractivity contribution is -0.0503. The molecular weight excluding hydrogens is 418 g/mol. The molecule has 164 valence electrons. The highest BCUT2D eigenvalue weighted by Crippen LogP contribution is 2.32. The zero-order chi connectivity index (χ0) is 21.6. The zero-order valence-corrected chi connectivity index (χ0v) is 18.3. The Balaban J connectivity index is 1.62. The van der Waals surface area contributed by atoms with Gasteiger partial charge in [0.25, 0.3) is 0 Å². The number of aromatic nitrogens is 3. The predicted molar refractivity (Wildman–Crippen MR) is 118 cm³/mol. The van der Waals surface area contributed by atoms with Crippen LogP contribution < -0.4 is 4.74 Å². The molecule has 5 nitrogen and oxygen atoms in total. The van der Waals surface area contributed by atoms with Crippen LogP contribution in [0, 0.1) is 0 Å². The Bertz CT molecular complexity index is 977. The molecule has 0 N–H and O–H groups in total. The number of halogens is 2. The maximum absolute atomic E-state index is 12.8. The summed E-state index contributed by atoms with van der Waals surface area (Å²) in [6.07, 6.45) is 3.68. The summed E-state index contributed by atoms with van der Waals surface area (Å²) in [4.78, 5) is 2.45. The van der Waals surface area contributed by atoms with Gasteiger partial charge in [-0.2, -0.15) is 8.78 Å².